The van der Waals surface area contributed by atoms with Crippen LogP contribution in [0.4, 0.5) is 0 Å². The Bertz CT molecular complexity index is 746. The quantitative estimate of drug-likeness (QED) is 0.725. The highest BCUT2D eigenvalue weighted by Gasteiger charge is 2.19. The van der Waals surface area contributed by atoms with E-state index in [-0.39, 0.29) is 11.9 Å². The number of fused-ring (bicyclic) bond motifs is 1. The number of nitrogens with zero attached hydrogens (tertiary/aromatic N) is 5. The number of para-hydroxylation sites is 1. The Labute approximate surface area is 114 Å². The molecular formula is C12H13N7O. The summed E-state index contributed by atoms with van der Waals surface area (Å²) in [4.78, 5) is 12.3. The summed E-state index contributed by atoms with van der Waals surface area (Å²) in [6.45, 7) is 1.79. The molecule has 102 valence electrons. The first kappa shape index (κ1) is 12.3. The van der Waals surface area contributed by atoms with E-state index in [1.165, 1.54) is 0 Å². The number of aryl methyl sites for hydroxylation is 1. The van der Waals surface area contributed by atoms with Crippen LogP contribution in [0.2, 0.25) is 0 Å². The van der Waals surface area contributed by atoms with Crippen LogP contribution in [0.25, 0.3) is 10.9 Å². The number of aromatic amines is 1. The Morgan fingerprint density at radius 3 is 2.95 bits per heavy atom. The normalized spacial score (nSPS) is 12.5. The minimum absolute atomic E-state index is 0.265. The zero-order valence-corrected chi connectivity index (χ0v) is 11.0. The molecule has 2 heterocycles. The van der Waals surface area contributed by atoms with Crippen molar-refractivity contribution in [3.05, 3.63) is 35.8 Å². The average Bonchev–Trinajstić information content (AvgIpc) is 3.07. The van der Waals surface area contributed by atoms with Crippen LogP contribution in [0.1, 0.15) is 29.3 Å². The maximum absolute atomic E-state index is 12.3. The number of hydrogen-bond acceptors (Lipinski definition) is 5. The van der Waals surface area contributed by atoms with Crippen LogP contribution in [0.3, 0.4) is 0 Å². The molecule has 1 unspecified atom stereocenters. The standard InChI is InChI=1S/C12H13N7O/c1-7(11-14-17-18-15-11)13-12(20)10-8-5-3-4-6-9(8)19(2)16-10/h3-7H,1-2H3,(H,13,20)(H,14,15,17,18). The fourth-order valence-corrected chi connectivity index (χ4v) is 2.06. The van der Waals surface area contributed by atoms with Crippen LogP contribution in [0.15, 0.2) is 24.3 Å². The third-order valence-corrected chi connectivity index (χ3v) is 3.07. The number of rotatable bonds is 3. The second kappa shape index (κ2) is 4.72. The predicted molar refractivity (Wildman–Crippen MR) is 70.8 cm³/mol. The van der Waals surface area contributed by atoms with Crippen molar-refractivity contribution in [3.8, 4) is 0 Å². The molecule has 2 N–H and O–H groups in total. The molecule has 3 aromatic rings. The van der Waals surface area contributed by atoms with E-state index in [4.69, 9.17) is 0 Å². The lowest BCUT2D eigenvalue weighted by molar-refractivity contribution is 0.0934. The molecule has 0 bridgehead atoms. The van der Waals surface area contributed by atoms with Gasteiger partial charge in [0.05, 0.1) is 11.6 Å². The maximum Gasteiger partial charge on any atom is 0.273 e. The molecule has 20 heavy (non-hydrogen) atoms. The summed E-state index contributed by atoms with van der Waals surface area (Å²) in [5, 5.41) is 21.4. The van der Waals surface area contributed by atoms with Gasteiger partial charge in [0, 0.05) is 12.4 Å². The summed E-state index contributed by atoms with van der Waals surface area (Å²) in [7, 11) is 1.81. The molecule has 1 aromatic carbocycles. The van der Waals surface area contributed by atoms with Crippen molar-refractivity contribution in [2.45, 2.75) is 13.0 Å². The van der Waals surface area contributed by atoms with E-state index in [2.05, 4.69) is 31.0 Å². The Hall–Kier alpha value is -2.77. The van der Waals surface area contributed by atoms with Gasteiger partial charge in [-0.25, -0.2) is 0 Å². The molecule has 1 amide bonds. The lowest BCUT2D eigenvalue weighted by Gasteiger charge is -2.08. The zero-order valence-electron chi connectivity index (χ0n) is 11.0. The van der Waals surface area contributed by atoms with E-state index < -0.39 is 0 Å². The molecular weight excluding hydrogens is 258 g/mol. The molecule has 0 radical (unpaired) electrons. The molecule has 8 nitrogen and oxygen atoms in total. The molecule has 0 saturated heterocycles. The smallest absolute Gasteiger partial charge is 0.273 e. The Balaban J connectivity index is 1.90. The molecule has 8 heteroatoms. The highest BCUT2D eigenvalue weighted by atomic mass is 16.2. The third-order valence-electron chi connectivity index (χ3n) is 3.07. The van der Waals surface area contributed by atoms with Gasteiger partial charge in [0.25, 0.3) is 5.91 Å². The molecule has 2 aromatic heterocycles. The zero-order chi connectivity index (χ0) is 14.1. The first-order valence-corrected chi connectivity index (χ1v) is 6.13. The average molecular weight is 271 g/mol. The number of amides is 1. The SMILES string of the molecule is CC(NC(=O)c1nn(C)c2ccccc12)c1nn[nH]n1. The van der Waals surface area contributed by atoms with Gasteiger partial charge in [0.1, 0.15) is 0 Å². The van der Waals surface area contributed by atoms with E-state index in [9.17, 15) is 4.79 Å². The van der Waals surface area contributed by atoms with Gasteiger partial charge in [-0.3, -0.25) is 9.48 Å². The van der Waals surface area contributed by atoms with E-state index in [0.29, 0.717) is 11.5 Å². The number of H-pyrrole nitrogens is 1. The Kier molecular flexibility index (Phi) is 2.90. The largest absolute Gasteiger partial charge is 0.341 e. The van der Waals surface area contributed by atoms with Gasteiger partial charge in [-0.15, -0.1) is 10.2 Å². The van der Waals surface area contributed by atoms with Crippen LogP contribution in [-0.4, -0.2) is 36.3 Å². The number of tetrazole rings is 1. The molecule has 0 fully saturated rings. The van der Waals surface area contributed by atoms with Gasteiger partial charge in [-0.05, 0) is 13.0 Å². The Morgan fingerprint density at radius 1 is 1.40 bits per heavy atom. The molecule has 0 aliphatic carbocycles. The number of benzene rings is 1. The fourth-order valence-electron chi connectivity index (χ4n) is 2.06. The minimum Gasteiger partial charge on any atom is -0.341 e. The lowest BCUT2D eigenvalue weighted by atomic mass is 10.2. The summed E-state index contributed by atoms with van der Waals surface area (Å²) in [5.74, 6) is 0.165. The third kappa shape index (κ3) is 2.00. The Morgan fingerprint density at radius 2 is 2.20 bits per heavy atom. The number of hydrogen-bond donors (Lipinski definition) is 2. The molecule has 1 atom stereocenters. The summed E-state index contributed by atoms with van der Waals surface area (Å²) in [5.41, 5.74) is 1.29. The van der Waals surface area contributed by atoms with Crippen molar-refractivity contribution in [1.29, 1.82) is 0 Å². The summed E-state index contributed by atoms with van der Waals surface area (Å²) in [6.07, 6.45) is 0. The number of aromatic nitrogens is 6. The second-order valence-corrected chi connectivity index (χ2v) is 4.45. The van der Waals surface area contributed by atoms with Gasteiger partial charge >= 0.3 is 0 Å². The van der Waals surface area contributed by atoms with E-state index in [0.717, 1.165) is 10.9 Å². The van der Waals surface area contributed by atoms with Gasteiger partial charge in [-0.2, -0.15) is 10.3 Å². The predicted octanol–water partition coefficient (Wildman–Crippen LogP) is 0.577. The van der Waals surface area contributed by atoms with Crippen LogP contribution in [0.5, 0.6) is 0 Å². The summed E-state index contributed by atoms with van der Waals surface area (Å²) >= 11 is 0. The van der Waals surface area contributed by atoms with E-state index >= 15 is 0 Å². The van der Waals surface area contributed by atoms with Crippen molar-refractivity contribution in [2.24, 2.45) is 7.05 Å². The monoisotopic (exact) mass is 271 g/mol. The summed E-state index contributed by atoms with van der Waals surface area (Å²) < 4.78 is 1.68. The number of carbonyl (C=O) groups excluding carboxylic acids is 1. The number of carbonyl (C=O) groups is 1. The van der Waals surface area contributed by atoms with Gasteiger partial charge < -0.3 is 5.32 Å². The first-order valence-electron chi connectivity index (χ1n) is 6.13. The minimum atomic E-state index is -0.345. The molecule has 3 rings (SSSR count). The van der Waals surface area contributed by atoms with Gasteiger partial charge in [-0.1, -0.05) is 23.4 Å². The van der Waals surface area contributed by atoms with Crippen LogP contribution in [0, 0.1) is 0 Å². The molecule has 0 aliphatic heterocycles. The molecule has 0 spiro atoms. The topological polar surface area (TPSA) is 101 Å². The van der Waals surface area contributed by atoms with Crippen LogP contribution >= 0.6 is 0 Å². The van der Waals surface area contributed by atoms with Crippen LogP contribution in [-0.2, 0) is 7.05 Å². The van der Waals surface area contributed by atoms with Crippen molar-refractivity contribution in [1.82, 2.24) is 35.7 Å². The van der Waals surface area contributed by atoms with Gasteiger partial charge in [0.2, 0.25) is 0 Å². The van der Waals surface area contributed by atoms with Crippen molar-refractivity contribution in [3.63, 3.8) is 0 Å². The van der Waals surface area contributed by atoms with Crippen molar-refractivity contribution < 1.29 is 4.79 Å². The van der Waals surface area contributed by atoms with E-state index in [1.54, 1.807) is 11.6 Å². The second-order valence-electron chi connectivity index (χ2n) is 4.45. The highest BCUT2D eigenvalue weighted by molar-refractivity contribution is 6.04. The number of nitrogens with one attached hydrogen (secondary N) is 2. The molecule has 0 saturated carbocycles. The van der Waals surface area contributed by atoms with Crippen LogP contribution < -0.4 is 5.32 Å². The van der Waals surface area contributed by atoms with Gasteiger partial charge in [0.15, 0.2) is 11.5 Å². The van der Waals surface area contributed by atoms with Crippen molar-refractivity contribution in [2.75, 3.05) is 0 Å². The maximum atomic E-state index is 12.3. The first-order chi connectivity index (χ1) is 9.66. The lowest BCUT2D eigenvalue weighted by Crippen LogP contribution is -2.28. The highest BCUT2D eigenvalue weighted by Crippen LogP contribution is 2.18. The fraction of sp³-hybridized carbons (Fsp3) is 0.250. The molecule has 0 aliphatic rings. The van der Waals surface area contributed by atoms with E-state index in [1.807, 2.05) is 31.3 Å². The summed E-state index contributed by atoms with van der Waals surface area (Å²) in [6, 6.07) is 7.23. The van der Waals surface area contributed by atoms with Crippen molar-refractivity contribution >= 4 is 16.8 Å².